The third kappa shape index (κ3) is 2.64. The molecule has 1 aromatic rings. The van der Waals surface area contributed by atoms with Gasteiger partial charge < -0.3 is 11.1 Å². The molecular formula is C14H21N3S. The van der Waals surface area contributed by atoms with Crippen molar-refractivity contribution in [2.24, 2.45) is 11.7 Å². The van der Waals surface area contributed by atoms with Crippen molar-refractivity contribution in [3.63, 3.8) is 0 Å². The third-order valence-electron chi connectivity index (χ3n) is 3.63. The number of rotatable bonds is 4. The highest BCUT2D eigenvalue weighted by atomic mass is 32.1. The summed E-state index contributed by atoms with van der Waals surface area (Å²) >= 11 is 5.15. The molecule has 3 nitrogen and oxygen atoms in total. The Labute approximate surface area is 114 Å². The van der Waals surface area contributed by atoms with Gasteiger partial charge in [0.05, 0.1) is 5.56 Å². The first kappa shape index (κ1) is 13.3. The van der Waals surface area contributed by atoms with Gasteiger partial charge in [0.2, 0.25) is 0 Å². The molecule has 18 heavy (non-hydrogen) atoms. The first-order valence-corrected chi connectivity index (χ1v) is 6.78. The fourth-order valence-electron chi connectivity index (χ4n) is 2.45. The standard InChI is InChI=1S/C14H21N3S/c1-8-7-9(2)16-13(11(8)12(15)18)17-14(3,4)10-5-6-10/h7,10H,5-6H2,1-4H3,(H2,15,18)(H,16,17). The molecule has 0 spiro atoms. The van der Waals surface area contributed by atoms with Crippen molar-refractivity contribution in [3.05, 3.63) is 22.9 Å². The van der Waals surface area contributed by atoms with Gasteiger partial charge in [0.1, 0.15) is 10.8 Å². The average molecular weight is 263 g/mol. The van der Waals surface area contributed by atoms with Crippen molar-refractivity contribution in [2.75, 3.05) is 5.32 Å². The number of nitrogens with one attached hydrogen (secondary N) is 1. The Bertz CT molecular complexity index is 490. The lowest BCUT2D eigenvalue weighted by Crippen LogP contribution is -2.35. The molecule has 1 aliphatic carbocycles. The molecule has 1 heterocycles. The average Bonchev–Trinajstić information content (AvgIpc) is 2.96. The fourth-order valence-corrected chi connectivity index (χ4v) is 2.71. The molecule has 1 fully saturated rings. The molecule has 0 aliphatic heterocycles. The summed E-state index contributed by atoms with van der Waals surface area (Å²) in [5.74, 6) is 1.55. The fraction of sp³-hybridized carbons (Fsp3) is 0.571. The van der Waals surface area contributed by atoms with Crippen LogP contribution in [0.3, 0.4) is 0 Å². The Morgan fingerprint density at radius 2 is 2.06 bits per heavy atom. The molecule has 2 rings (SSSR count). The first-order chi connectivity index (χ1) is 8.31. The molecule has 1 saturated carbocycles. The van der Waals surface area contributed by atoms with E-state index in [-0.39, 0.29) is 5.54 Å². The minimum atomic E-state index is 0.0484. The second-order valence-corrected chi connectivity index (χ2v) is 6.23. The Hall–Kier alpha value is -1.16. The van der Waals surface area contributed by atoms with Crippen molar-refractivity contribution < 1.29 is 0 Å². The van der Waals surface area contributed by atoms with Gasteiger partial charge in [-0.15, -0.1) is 0 Å². The molecule has 0 bridgehead atoms. The Morgan fingerprint density at radius 3 is 2.56 bits per heavy atom. The maximum Gasteiger partial charge on any atom is 0.137 e. The van der Waals surface area contributed by atoms with Gasteiger partial charge in [0.25, 0.3) is 0 Å². The van der Waals surface area contributed by atoms with Gasteiger partial charge in [-0.3, -0.25) is 0 Å². The zero-order valence-corrected chi connectivity index (χ0v) is 12.3. The second-order valence-electron chi connectivity index (χ2n) is 5.79. The lowest BCUT2D eigenvalue weighted by Gasteiger charge is -2.28. The van der Waals surface area contributed by atoms with E-state index in [9.17, 15) is 0 Å². The van der Waals surface area contributed by atoms with Crippen molar-refractivity contribution in [1.82, 2.24) is 4.98 Å². The van der Waals surface area contributed by atoms with E-state index in [1.165, 1.54) is 12.8 Å². The van der Waals surface area contributed by atoms with Gasteiger partial charge in [-0.2, -0.15) is 0 Å². The molecule has 3 N–H and O–H groups in total. The summed E-state index contributed by atoms with van der Waals surface area (Å²) in [6.07, 6.45) is 2.57. The molecule has 0 aromatic carbocycles. The van der Waals surface area contributed by atoms with Crippen LogP contribution in [0.1, 0.15) is 43.5 Å². The minimum absolute atomic E-state index is 0.0484. The van der Waals surface area contributed by atoms with Crippen molar-refractivity contribution >= 4 is 23.0 Å². The predicted octanol–water partition coefficient (Wildman–Crippen LogP) is 2.93. The number of nitrogens with two attached hydrogens (primary N) is 1. The van der Waals surface area contributed by atoms with Gasteiger partial charge in [0, 0.05) is 11.2 Å². The van der Waals surface area contributed by atoms with E-state index in [4.69, 9.17) is 18.0 Å². The van der Waals surface area contributed by atoms with Crippen LogP contribution in [0.5, 0.6) is 0 Å². The van der Waals surface area contributed by atoms with Gasteiger partial charge in [-0.1, -0.05) is 12.2 Å². The largest absolute Gasteiger partial charge is 0.389 e. The highest BCUT2D eigenvalue weighted by Crippen LogP contribution is 2.41. The maximum absolute atomic E-state index is 5.83. The van der Waals surface area contributed by atoms with Crippen LogP contribution in [0.15, 0.2) is 6.07 Å². The van der Waals surface area contributed by atoms with Crippen LogP contribution in [-0.4, -0.2) is 15.5 Å². The van der Waals surface area contributed by atoms with Gasteiger partial charge in [-0.25, -0.2) is 4.98 Å². The maximum atomic E-state index is 5.83. The number of pyridine rings is 1. The molecular weight excluding hydrogens is 242 g/mol. The van der Waals surface area contributed by atoms with Crippen LogP contribution in [-0.2, 0) is 0 Å². The number of anilines is 1. The zero-order valence-electron chi connectivity index (χ0n) is 11.5. The number of hydrogen-bond donors (Lipinski definition) is 2. The summed E-state index contributed by atoms with van der Waals surface area (Å²) < 4.78 is 0. The molecule has 4 heteroatoms. The lowest BCUT2D eigenvalue weighted by molar-refractivity contribution is 0.492. The molecule has 0 radical (unpaired) electrons. The third-order valence-corrected chi connectivity index (χ3v) is 3.83. The summed E-state index contributed by atoms with van der Waals surface area (Å²) in [4.78, 5) is 4.98. The Kier molecular flexibility index (Phi) is 3.32. The van der Waals surface area contributed by atoms with Gasteiger partial charge in [0.15, 0.2) is 0 Å². The summed E-state index contributed by atoms with van der Waals surface area (Å²) in [5.41, 5.74) is 8.83. The molecule has 98 valence electrons. The molecule has 0 saturated heterocycles. The Balaban J connectivity index is 2.39. The van der Waals surface area contributed by atoms with Crippen LogP contribution < -0.4 is 11.1 Å². The van der Waals surface area contributed by atoms with Crippen LogP contribution in [0.2, 0.25) is 0 Å². The molecule has 1 aliphatic rings. The quantitative estimate of drug-likeness (QED) is 0.820. The lowest BCUT2D eigenvalue weighted by atomic mass is 9.98. The predicted molar refractivity (Wildman–Crippen MR) is 80.0 cm³/mol. The molecule has 0 unspecified atom stereocenters. The van der Waals surface area contributed by atoms with E-state index in [2.05, 4.69) is 24.1 Å². The van der Waals surface area contributed by atoms with E-state index < -0.39 is 0 Å². The monoisotopic (exact) mass is 263 g/mol. The molecule has 0 atom stereocenters. The normalized spacial score (nSPS) is 15.6. The van der Waals surface area contributed by atoms with Crippen molar-refractivity contribution in [2.45, 2.75) is 46.1 Å². The minimum Gasteiger partial charge on any atom is -0.389 e. The number of thiocarbonyl (C=S) groups is 1. The van der Waals surface area contributed by atoms with Crippen LogP contribution in [0.4, 0.5) is 5.82 Å². The van der Waals surface area contributed by atoms with E-state index >= 15 is 0 Å². The zero-order chi connectivity index (χ0) is 13.5. The summed E-state index contributed by atoms with van der Waals surface area (Å²) in [6.45, 7) is 8.45. The second kappa shape index (κ2) is 4.50. The highest BCUT2D eigenvalue weighted by molar-refractivity contribution is 7.80. The van der Waals surface area contributed by atoms with Gasteiger partial charge >= 0.3 is 0 Å². The topological polar surface area (TPSA) is 50.9 Å². The SMILES string of the molecule is Cc1cc(C)c(C(N)=S)c(NC(C)(C)C2CC2)n1. The number of aryl methyl sites for hydroxylation is 2. The highest BCUT2D eigenvalue weighted by Gasteiger charge is 2.38. The van der Waals surface area contributed by atoms with Crippen molar-refractivity contribution in [1.29, 1.82) is 0 Å². The van der Waals surface area contributed by atoms with E-state index in [1.54, 1.807) is 0 Å². The first-order valence-electron chi connectivity index (χ1n) is 6.37. The van der Waals surface area contributed by atoms with E-state index in [1.807, 2.05) is 19.9 Å². The summed E-state index contributed by atoms with van der Waals surface area (Å²) in [5, 5.41) is 3.53. The van der Waals surface area contributed by atoms with E-state index in [0.717, 1.165) is 28.6 Å². The number of hydrogen-bond acceptors (Lipinski definition) is 3. The summed E-state index contributed by atoms with van der Waals surface area (Å²) in [6, 6.07) is 2.02. The van der Waals surface area contributed by atoms with Crippen LogP contribution in [0, 0.1) is 19.8 Å². The van der Waals surface area contributed by atoms with E-state index in [0.29, 0.717) is 4.99 Å². The van der Waals surface area contributed by atoms with Crippen LogP contribution >= 0.6 is 12.2 Å². The number of aromatic nitrogens is 1. The smallest absolute Gasteiger partial charge is 0.137 e. The Morgan fingerprint density at radius 1 is 1.44 bits per heavy atom. The number of nitrogens with zero attached hydrogens (tertiary/aromatic N) is 1. The molecule has 0 amide bonds. The molecule has 1 aromatic heterocycles. The van der Waals surface area contributed by atoms with Gasteiger partial charge in [-0.05, 0) is 58.1 Å². The van der Waals surface area contributed by atoms with Crippen molar-refractivity contribution in [3.8, 4) is 0 Å². The van der Waals surface area contributed by atoms with Crippen LogP contribution in [0.25, 0.3) is 0 Å². The summed E-state index contributed by atoms with van der Waals surface area (Å²) in [7, 11) is 0.